The van der Waals surface area contributed by atoms with E-state index < -0.39 is 0 Å². The Labute approximate surface area is 67.5 Å². The van der Waals surface area contributed by atoms with Gasteiger partial charge in [0.25, 0.3) is 0 Å². The third kappa shape index (κ3) is 5.97. The maximum atomic E-state index is 10.7. The van der Waals surface area contributed by atoms with Crippen molar-refractivity contribution in [2.45, 2.75) is 6.92 Å². The van der Waals surface area contributed by atoms with E-state index in [4.69, 9.17) is 11.5 Å². The summed E-state index contributed by atoms with van der Waals surface area (Å²) in [4.78, 5) is 12.6. The topological polar surface area (TPSA) is 72.3 Å². The van der Waals surface area contributed by atoms with Crippen LogP contribution in [0.15, 0.2) is 0 Å². The molecule has 0 spiro atoms. The van der Waals surface area contributed by atoms with Gasteiger partial charge in [0.05, 0.1) is 6.54 Å². The van der Waals surface area contributed by atoms with Gasteiger partial charge in [-0.1, -0.05) is 0 Å². The molecule has 0 aromatic carbocycles. The highest BCUT2D eigenvalue weighted by atomic mass is 16.1. The van der Waals surface area contributed by atoms with Gasteiger partial charge in [0.1, 0.15) is 5.78 Å². The third-order valence-electron chi connectivity index (χ3n) is 1.34. The van der Waals surface area contributed by atoms with Crippen LogP contribution in [0, 0.1) is 0 Å². The molecule has 0 saturated heterocycles. The van der Waals surface area contributed by atoms with Crippen molar-refractivity contribution in [3.63, 3.8) is 0 Å². The Morgan fingerprint density at radius 3 is 2.00 bits per heavy atom. The SMILES string of the molecule is CC(=O)CN(CCN)CCN. The van der Waals surface area contributed by atoms with Crippen molar-refractivity contribution in [3.8, 4) is 0 Å². The standard InChI is InChI=1S/C7H17N3O/c1-7(11)6-10(4-2-8)5-3-9/h2-6,8-9H2,1H3. The second kappa shape index (κ2) is 6.27. The van der Waals surface area contributed by atoms with E-state index in [1.807, 2.05) is 4.90 Å². The molecule has 0 aliphatic heterocycles. The normalized spacial score (nSPS) is 10.5. The van der Waals surface area contributed by atoms with Gasteiger partial charge in [-0.05, 0) is 6.92 Å². The van der Waals surface area contributed by atoms with Gasteiger partial charge in [-0.25, -0.2) is 0 Å². The highest BCUT2D eigenvalue weighted by Gasteiger charge is 2.04. The van der Waals surface area contributed by atoms with Crippen LogP contribution in [0.1, 0.15) is 6.92 Å². The first-order valence-corrected chi connectivity index (χ1v) is 3.82. The Morgan fingerprint density at radius 1 is 1.27 bits per heavy atom. The highest BCUT2D eigenvalue weighted by Crippen LogP contribution is 1.85. The Kier molecular flexibility index (Phi) is 6.02. The van der Waals surface area contributed by atoms with Crippen molar-refractivity contribution in [2.24, 2.45) is 11.5 Å². The summed E-state index contributed by atoms with van der Waals surface area (Å²) in [6, 6.07) is 0. The van der Waals surface area contributed by atoms with Crippen LogP contribution in [0.4, 0.5) is 0 Å². The number of nitrogens with two attached hydrogens (primary N) is 2. The van der Waals surface area contributed by atoms with Crippen molar-refractivity contribution in [2.75, 3.05) is 32.7 Å². The molecule has 0 rings (SSSR count). The summed E-state index contributed by atoms with van der Waals surface area (Å²) in [6.07, 6.45) is 0. The molecule has 0 aromatic rings. The van der Waals surface area contributed by atoms with Gasteiger partial charge < -0.3 is 11.5 Å². The lowest BCUT2D eigenvalue weighted by atomic mass is 10.3. The second-order valence-electron chi connectivity index (χ2n) is 2.56. The molecular weight excluding hydrogens is 142 g/mol. The van der Waals surface area contributed by atoms with E-state index >= 15 is 0 Å². The summed E-state index contributed by atoms with van der Waals surface area (Å²) in [7, 11) is 0. The summed E-state index contributed by atoms with van der Waals surface area (Å²) < 4.78 is 0. The molecule has 0 aliphatic rings. The van der Waals surface area contributed by atoms with Crippen LogP contribution in [0.2, 0.25) is 0 Å². The first-order valence-electron chi connectivity index (χ1n) is 3.82. The molecule has 4 nitrogen and oxygen atoms in total. The molecule has 0 fully saturated rings. The zero-order chi connectivity index (χ0) is 8.69. The number of hydrogen-bond acceptors (Lipinski definition) is 4. The fourth-order valence-electron chi connectivity index (χ4n) is 0.950. The van der Waals surface area contributed by atoms with Crippen LogP contribution >= 0.6 is 0 Å². The quantitative estimate of drug-likeness (QED) is 0.510. The molecule has 0 saturated carbocycles. The molecule has 0 radical (unpaired) electrons. The Bertz CT molecular complexity index is 110. The summed E-state index contributed by atoms with van der Waals surface area (Å²) in [5, 5.41) is 0. The molecule has 0 unspecified atom stereocenters. The van der Waals surface area contributed by atoms with Crippen molar-refractivity contribution in [1.82, 2.24) is 4.90 Å². The number of hydrogen-bond donors (Lipinski definition) is 2. The van der Waals surface area contributed by atoms with E-state index in [2.05, 4.69) is 0 Å². The van der Waals surface area contributed by atoms with E-state index in [1.165, 1.54) is 0 Å². The molecule has 11 heavy (non-hydrogen) atoms. The van der Waals surface area contributed by atoms with Crippen molar-refractivity contribution in [1.29, 1.82) is 0 Å². The summed E-state index contributed by atoms with van der Waals surface area (Å²) in [5.74, 6) is 0.159. The van der Waals surface area contributed by atoms with E-state index in [1.54, 1.807) is 6.92 Å². The number of carbonyl (C=O) groups excluding carboxylic acids is 1. The monoisotopic (exact) mass is 159 g/mol. The number of Topliss-reactive ketones (excluding diaryl/α,β-unsaturated/α-hetero) is 1. The van der Waals surface area contributed by atoms with Gasteiger partial charge in [-0.3, -0.25) is 9.69 Å². The maximum Gasteiger partial charge on any atom is 0.143 e. The summed E-state index contributed by atoms with van der Waals surface area (Å²) in [6.45, 7) is 4.68. The van der Waals surface area contributed by atoms with E-state index in [9.17, 15) is 4.79 Å². The van der Waals surface area contributed by atoms with E-state index in [0.29, 0.717) is 19.6 Å². The fraction of sp³-hybridized carbons (Fsp3) is 0.857. The molecule has 0 amide bonds. The summed E-state index contributed by atoms with van der Waals surface area (Å²) >= 11 is 0. The van der Waals surface area contributed by atoms with Gasteiger partial charge in [0.15, 0.2) is 0 Å². The lowest BCUT2D eigenvalue weighted by Crippen LogP contribution is -2.36. The summed E-state index contributed by atoms with van der Waals surface area (Å²) in [5.41, 5.74) is 10.7. The molecular formula is C7H17N3O. The van der Waals surface area contributed by atoms with Crippen LogP contribution < -0.4 is 11.5 Å². The molecule has 0 bridgehead atoms. The Morgan fingerprint density at radius 2 is 1.73 bits per heavy atom. The van der Waals surface area contributed by atoms with Crippen LogP contribution in [0.5, 0.6) is 0 Å². The maximum absolute atomic E-state index is 10.7. The molecule has 0 aliphatic carbocycles. The number of nitrogens with zero attached hydrogens (tertiary/aromatic N) is 1. The molecule has 4 N–H and O–H groups in total. The third-order valence-corrected chi connectivity index (χ3v) is 1.34. The van der Waals surface area contributed by atoms with Crippen molar-refractivity contribution < 1.29 is 4.79 Å². The Balaban J connectivity index is 3.59. The number of ketones is 1. The first kappa shape index (κ1) is 10.6. The van der Waals surface area contributed by atoms with Gasteiger partial charge in [0, 0.05) is 26.2 Å². The van der Waals surface area contributed by atoms with Crippen LogP contribution in [-0.2, 0) is 4.79 Å². The second-order valence-corrected chi connectivity index (χ2v) is 2.56. The fourth-order valence-corrected chi connectivity index (χ4v) is 0.950. The lowest BCUT2D eigenvalue weighted by Gasteiger charge is -2.18. The van der Waals surface area contributed by atoms with Crippen LogP contribution in [0.3, 0.4) is 0 Å². The minimum Gasteiger partial charge on any atom is -0.329 e. The highest BCUT2D eigenvalue weighted by molar-refractivity contribution is 5.77. The molecule has 0 heterocycles. The van der Waals surface area contributed by atoms with Crippen molar-refractivity contribution in [3.05, 3.63) is 0 Å². The first-order chi connectivity index (χ1) is 5.20. The van der Waals surface area contributed by atoms with E-state index in [0.717, 1.165) is 13.1 Å². The predicted molar refractivity (Wildman–Crippen MR) is 45.2 cm³/mol. The predicted octanol–water partition coefficient (Wildman–Crippen LogP) is -1.21. The smallest absolute Gasteiger partial charge is 0.143 e. The molecule has 66 valence electrons. The van der Waals surface area contributed by atoms with Crippen LogP contribution in [0.25, 0.3) is 0 Å². The van der Waals surface area contributed by atoms with Gasteiger partial charge in [0.2, 0.25) is 0 Å². The van der Waals surface area contributed by atoms with E-state index in [-0.39, 0.29) is 5.78 Å². The minimum atomic E-state index is 0.159. The average molecular weight is 159 g/mol. The number of rotatable bonds is 6. The zero-order valence-corrected chi connectivity index (χ0v) is 7.05. The minimum absolute atomic E-state index is 0.159. The molecule has 0 aromatic heterocycles. The largest absolute Gasteiger partial charge is 0.329 e. The van der Waals surface area contributed by atoms with Crippen LogP contribution in [-0.4, -0.2) is 43.4 Å². The average Bonchev–Trinajstić information content (AvgIpc) is 1.87. The molecule has 4 heteroatoms. The zero-order valence-electron chi connectivity index (χ0n) is 7.05. The van der Waals surface area contributed by atoms with Gasteiger partial charge >= 0.3 is 0 Å². The van der Waals surface area contributed by atoms with Gasteiger partial charge in [-0.15, -0.1) is 0 Å². The van der Waals surface area contributed by atoms with Crippen molar-refractivity contribution >= 4 is 5.78 Å². The van der Waals surface area contributed by atoms with Gasteiger partial charge in [-0.2, -0.15) is 0 Å². The molecule has 0 atom stereocenters. The Hall–Kier alpha value is -0.450. The number of carbonyl (C=O) groups is 1. The lowest BCUT2D eigenvalue weighted by molar-refractivity contribution is -0.118.